The fourth-order valence-electron chi connectivity index (χ4n) is 5.56. The van der Waals surface area contributed by atoms with E-state index in [-0.39, 0.29) is 9.82 Å². The van der Waals surface area contributed by atoms with Gasteiger partial charge in [-0.3, -0.25) is 10.1 Å². The molecule has 30 heavy (non-hydrogen) atoms. The number of rotatable bonds is 3. The lowest BCUT2D eigenvalue weighted by Crippen LogP contribution is -2.54. The van der Waals surface area contributed by atoms with Crippen LogP contribution in [-0.4, -0.2) is 24.6 Å². The zero-order valence-electron chi connectivity index (χ0n) is 16.6. The molecule has 0 unspecified atom stereocenters. The minimum atomic E-state index is -3.94. The Kier molecular flexibility index (Phi) is 4.12. The topological polar surface area (TPSA) is 77.3 Å². The molecule has 0 saturated heterocycles. The normalized spacial score (nSPS) is 24.2. The van der Waals surface area contributed by atoms with E-state index >= 15 is 0 Å². The van der Waals surface area contributed by atoms with Gasteiger partial charge in [-0.25, -0.2) is 8.42 Å². The molecule has 4 atom stereocenters. The Morgan fingerprint density at radius 3 is 1.87 bits per heavy atom. The van der Waals surface area contributed by atoms with Crippen LogP contribution < -0.4 is 0 Å². The summed E-state index contributed by atoms with van der Waals surface area (Å²) in [6.45, 7) is 3.91. The van der Waals surface area contributed by atoms with E-state index in [1.165, 1.54) is 12.1 Å². The summed E-state index contributed by atoms with van der Waals surface area (Å²) in [7, 11) is -3.94. The maximum atomic E-state index is 13.8. The lowest BCUT2D eigenvalue weighted by atomic mass is 9.59. The molecular formula is C24H21NO4S. The lowest BCUT2D eigenvalue weighted by molar-refractivity contribution is -0.526. The summed E-state index contributed by atoms with van der Waals surface area (Å²) in [4.78, 5) is 12.2. The average Bonchev–Trinajstić information content (AvgIpc) is 2.74. The van der Waals surface area contributed by atoms with Crippen molar-refractivity contribution >= 4 is 9.84 Å². The van der Waals surface area contributed by atoms with Crippen molar-refractivity contribution in [3.05, 3.63) is 110 Å². The highest BCUT2D eigenvalue weighted by molar-refractivity contribution is 7.92. The van der Waals surface area contributed by atoms with Gasteiger partial charge in [0.25, 0.3) is 0 Å². The Balaban J connectivity index is 1.87. The first kappa shape index (κ1) is 19.0. The van der Waals surface area contributed by atoms with Gasteiger partial charge in [-0.1, -0.05) is 54.6 Å². The molecule has 3 aliphatic carbocycles. The van der Waals surface area contributed by atoms with Gasteiger partial charge in [0.05, 0.1) is 10.8 Å². The molecule has 0 fully saturated rings. The smallest absolute Gasteiger partial charge is 0.241 e. The first-order valence-electron chi connectivity index (χ1n) is 9.95. The van der Waals surface area contributed by atoms with Crippen molar-refractivity contribution in [3.8, 4) is 0 Å². The van der Waals surface area contributed by atoms with Crippen LogP contribution in [0.5, 0.6) is 0 Å². The standard InChI is InChI=1S/C24H21NO4S/c1-14-8-7-13-18-19(14)21-17-12-6-9-15(2)20(17)22(18)24(23(21)25(26)27)30(28,29)16-10-4-3-5-11-16/h3-13,21-24H,1-2H3/t21-,22-,23+,24+/m0/s1. The van der Waals surface area contributed by atoms with Crippen LogP contribution in [-0.2, 0) is 9.84 Å². The summed E-state index contributed by atoms with van der Waals surface area (Å²) in [6.07, 6.45) is 0. The third-order valence-electron chi connectivity index (χ3n) is 6.69. The van der Waals surface area contributed by atoms with Crippen LogP contribution in [0.1, 0.15) is 45.2 Å². The molecule has 3 aromatic rings. The third-order valence-corrected chi connectivity index (χ3v) is 8.88. The van der Waals surface area contributed by atoms with E-state index in [0.717, 1.165) is 33.4 Å². The largest absolute Gasteiger partial charge is 0.264 e. The van der Waals surface area contributed by atoms with Crippen molar-refractivity contribution in [1.29, 1.82) is 0 Å². The third kappa shape index (κ3) is 2.43. The molecule has 0 amide bonds. The zero-order chi connectivity index (χ0) is 21.2. The Morgan fingerprint density at radius 2 is 1.30 bits per heavy atom. The summed E-state index contributed by atoms with van der Waals surface area (Å²) in [6, 6.07) is 18.5. The number of sulfone groups is 1. The minimum absolute atomic E-state index is 0.138. The second-order valence-corrected chi connectivity index (χ2v) is 10.3. The minimum Gasteiger partial charge on any atom is -0.264 e. The Bertz CT molecular complexity index is 1280. The van der Waals surface area contributed by atoms with Crippen LogP contribution in [0.2, 0.25) is 0 Å². The Hall–Kier alpha value is -2.99. The van der Waals surface area contributed by atoms with E-state index in [1.807, 2.05) is 50.2 Å². The lowest BCUT2D eigenvalue weighted by Gasteiger charge is -2.47. The van der Waals surface area contributed by atoms with Gasteiger partial charge in [0.15, 0.2) is 9.84 Å². The van der Waals surface area contributed by atoms with Gasteiger partial charge in [0, 0.05) is 10.8 Å². The first-order valence-corrected chi connectivity index (χ1v) is 11.5. The quantitative estimate of drug-likeness (QED) is 0.466. The van der Waals surface area contributed by atoms with Gasteiger partial charge in [0.2, 0.25) is 6.04 Å². The molecule has 0 aliphatic heterocycles. The molecule has 0 radical (unpaired) electrons. The molecule has 0 heterocycles. The number of nitro groups is 1. The van der Waals surface area contributed by atoms with E-state index in [9.17, 15) is 18.5 Å². The number of hydrogen-bond acceptors (Lipinski definition) is 4. The summed E-state index contributed by atoms with van der Waals surface area (Å²) in [5.74, 6) is -1.15. The second kappa shape index (κ2) is 6.51. The van der Waals surface area contributed by atoms with Crippen LogP contribution in [0.15, 0.2) is 71.6 Å². The van der Waals surface area contributed by atoms with Crippen LogP contribution in [0.25, 0.3) is 0 Å². The summed E-state index contributed by atoms with van der Waals surface area (Å²) in [5, 5.41) is 11.2. The van der Waals surface area contributed by atoms with Crippen molar-refractivity contribution in [2.45, 2.75) is 41.9 Å². The fraction of sp³-hybridized carbons (Fsp3) is 0.250. The number of fused-ring (bicyclic) bond motifs is 1. The molecule has 2 bridgehead atoms. The molecule has 0 spiro atoms. The highest BCUT2D eigenvalue weighted by atomic mass is 32.2. The van der Waals surface area contributed by atoms with Gasteiger partial charge < -0.3 is 0 Å². The first-order chi connectivity index (χ1) is 14.3. The molecule has 5 nitrogen and oxygen atoms in total. The van der Waals surface area contributed by atoms with E-state index in [4.69, 9.17) is 0 Å². The van der Waals surface area contributed by atoms with E-state index < -0.39 is 33.0 Å². The predicted octanol–water partition coefficient (Wildman–Crippen LogP) is 4.38. The molecule has 3 aromatic carbocycles. The monoisotopic (exact) mass is 419 g/mol. The van der Waals surface area contributed by atoms with Crippen LogP contribution in [0.4, 0.5) is 0 Å². The fourth-order valence-corrected chi connectivity index (χ4v) is 7.68. The number of benzene rings is 3. The SMILES string of the molecule is Cc1cccc2c1[C@@H]1c3cccc(C)c3[C@H]2[C@@H](S(=O)(=O)c2ccccc2)[C@@H]1[N+](=O)[O-]. The van der Waals surface area contributed by atoms with Crippen molar-refractivity contribution in [2.75, 3.05) is 0 Å². The van der Waals surface area contributed by atoms with Gasteiger partial charge in [-0.15, -0.1) is 0 Å². The van der Waals surface area contributed by atoms with Crippen LogP contribution >= 0.6 is 0 Å². The highest BCUT2D eigenvalue weighted by Crippen LogP contribution is 2.57. The predicted molar refractivity (Wildman–Crippen MR) is 114 cm³/mol. The summed E-state index contributed by atoms with van der Waals surface area (Å²) < 4.78 is 27.6. The molecule has 6 rings (SSSR count). The van der Waals surface area contributed by atoms with Crippen molar-refractivity contribution in [1.82, 2.24) is 0 Å². The molecule has 152 valence electrons. The van der Waals surface area contributed by atoms with Crippen molar-refractivity contribution in [3.63, 3.8) is 0 Å². The summed E-state index contributed by atoms with van der Waals surface area (Å²) >= 11 is 0. The van der Waals surface area contributed by atoms with E-state index in [2.05, 4.69) is 0 Å². The van der Waals surface area contributed by atoms with Crippen molar-refractivity contribution < 1.29 is 13.3 Å². The average molecular weight is 420 g/mol. The van der Waals surface area contributed by atoms with Gasteiger partial charge >= 0.3 is 0 Å². The highest BCUT2D eigenvalue weighted by Gasteiger charge is 2.61. The van der Waals surface area contributed by atoms with Crippen LogP contribution in [0.3, 0.4) is 0 Å². The Labute approximate surface area is 175 Å². The molecular weight excluding hydrogens is 398 g/mol. The Morgan fingerprint density at radius 1 is 0.767 bits per heavy atom. The number of nitrogens with zero attached hydrogens (tertiary/aromatic N) is 1. The molecule has 0 saturated carbocycles. The second-order valence-electron chi connectivity index (χ2n) is 8.21. The number of hydrogen-bond donors (Lipinski definition) is 0. The van der Waals surface area contributed by atoms with E-state index in [1.54, 1.807) is 18.2 Å². The van der Waals surface area contributed by atoms with Crippen molar-refractivity contribution in [2.24, 2.45) is 0 Å². The van der Waals surface area contributed by atoms with Gasteiger partial charge in [-0.2, -0.15) is 0 Å². The molecule has 6 heteroatoms. The van der Waals surface area contributed by atoms with Crippen LogP contribution in [0, 0.1) is 24.0 Å². The van der Waals surface area contributed by atoms with E-state index in [0.29, 0.717) is 0 Å². The van der Waals surface area contributed by atoms with Gasteiger partial charge in [-0.05, 0) is 59.4 Å². The maximum Gasteiger partial charge on any atom is 0.241 e. The molecule has 0 N–H and O–H groups in total. The molecule has 3 aliphatic rings. The summed E-state index contributed by atoms with van der Waals surface area (Å²) in [5.41, 5.74) is 5.60. The number of aryl methyl sites for hydroxylation is 2. The molecule has 0 aromatic heterocycles. The zero-order valence-corrected chi connectivity index (χ0v) is 17.5. The maximum absolute atomic E-state index is 13.8. The van der Waals surface area contributed by atoms with Gasteiger partial charge in [0.1, 0.15) is 5.25 Å².